The SMILES string of the molecule is C[C@@H](OC(=O)c1ccc(OC[C@H]2CCCO2)cc1)C(=O)c1c[nH]c2ccccc12. The van der Waals surface area contributed by atoms with Crippen LogP contribution in [0, 0.1) is 0 Å². The van der Waals surface area contributed by atoms with Gasteiger partial charge in [-0.25, -0.2) is 4.79 Å². The van der Waals surface area contributed by atoms with Gasteiger partial charge in [0.05, 0.1) is 11.7 Å². The molecular formula is C23H23NO5. The summed E-state index contributed by atoms with van der Waals surface area (Å²) in [5, 5.41) is 0.813. The maximum atomic E-state index is 12.7. The number of H-pyrrole nitrogens is 1. The lowest BCUT2D eigenvalue weighted by atomic mass is 10.1. The molecule has 1 N–H and O–H groups in total. The minimum absolute atomic E-state index is 0.135. The molecule has 0 aliphatic carbocycles. The summed E-state index contributed by atoms with van der Waals surface area (Å²) >= 11 is 0. The van der Waals surface area contributed by atoms with Gasteiger partial charge in [0.25, 0.3) is 0 Å². The number of para-hydroxylation sites is 1. The molecule has 6 heteroatoms. The maximum Gasteiger partial charge on any atom is 0.338 e. The Hall–Kier alpha value is -3.12. The zero-order chi connectivity index (χ0) is 20.2. The van der Waals surface area contributed by atoms with Crippen LogP contribution in [0.5, 0.6) is 5.75 Å². The highest BCUT2D eigenvalue weighted by Gasteiger charge is 2.23. The van der Waals surface area contributed by atoms with Crippen LogP contribution >= 0.6 is 0 Å². The van der Waals surface area contributed by atoms with Crippen LogP contribution in [-0.4, -0.2) is 42.2 Å². The Bertz CT molecular complexity index is 1000. The predicted molar refractivity (Wildman–Crippen MR) is 108 cm³/mol. The van der Waals surface area contributed by atoms with Crippen LogP contribution in [0.4, 0.5) is 0 Å². The third kappa shape index (κ3) is 4.32. The highest BCUT2D eigenvalue weighted by atomic mass is 16.5. The second-order valence-electron chi connectivity index (χ2n) is 7.13. The van der Waals surface area contributed by atoms with E-state index in [9.17, 15) is 9.59 Å². The fourth-order valence-electron chi connectivity index (χ4n) is 3.43. The Morgan fingerprint density at radius 1 is 1.17 bits per heavy atom. The Morgan fingerprint density at radius 3 is 2.72 bits per heavy atom. The second kappa shape index (κ2) is 8.49. The van der Waals surface area contributed by atoms with Gasteiger partial charge in [-0.15, -0.1) is 0 Å². The van der Waals surface area contributed by atoms with Crippen LogP contribution in [0.2, 0.25) is 0 Å². The van der Waals surface area contributed by atoms with E-state index in [1.165, 1.54) is 0 Å². The molecule has 6 nitrogen and oxygen atoms in total. The standard InChI is InChI=1S/C23H23NO5/c1-15(22(25)20-13-24-21-7-3-2-6-19(20)21)29-23(26)16-8-10-17(11-9-16)28-14-18-5-4-12-27-18/h2-3,6-11,13,15,18,24H,4-5,12,14H2,1H3/t15-,18-/m1/s1. The average molecular weight is 393 g/mol. The summed E-state index contributed by atoms with van der Waals surface area (Å²) in [6.07, 6.45) is 2.96. The first kappa shape index (κ1) is 19.2. The number of hydrogen-bond donors (Lipinski definition) is 1. The average Bonchev–Trinajstić information content (AvgIpc) is 3.42. The zero-order valence-electron chi connectivity index (χ0n) is 16.2. The van der Waals surface area contributed by atoms with Gasteiger partial charge in [0.1, 0.15) is 12.4 Å². The molecule has 0 saturated carbocycles. The molecule has 29 heavy (non-hydrogen) atoms. The molecule has 150 valence electrons. The van der Waals surface area contributed by atoms with Gasteiger partial charge in [-0.1, -0.05) is 18.2 Å². The van der Waals surface area contributed by atoms with Crippen molar-refractivity contribution < 1.29 is 23.8 Å². The molecule has 0 radical (unpaired) electrons. The van der Waals surface area contributed by atoms with Crippen molar-refractivity contribution in [1.29, 1.82) is 0 Å². The molecule has 0 amide bonds. The number of fused-ring (bicyclic) bond motifs is 1. The van der Waals surface area contributed by atoms with Crippen molar-refractivity contribution in [2.24, 2.45) is 0 Å². The van der Waals surface area contributed by atoms with E-state index in [4.69, 9.17) is 14.2 Å². The predicted octanol–water partition coefficient (Wildman–Crippen LogP) is 4.15. The van der Waals surface area contributed by atoms with Gasteiger partial charge < -0.3 is 19.2 Å². The topological polar surface area (TPSA) is 77.6 Å². The fraction of sp³-hybridized carbons (Fsp3) is 0.304. The number of carbonyl (C=O) groups excluding carboxylic acids is 2. The van der Waals surface area contributed by atoms with E-state index < -0.39 is 12.1 Å². The lowest BCUT2D eigenvalue weighted by molar-refractivity contribution is 0.0319. The van der Waals surface area contributed by atoms with E-state index in [-0.39, 0.29) is 11.9 Å². The number of Topliss-reactive ketones (excluding diaryl/α,β-unsaturated/α-hetero) is 1. The van der Waals surface area contributed by atoms with Crippen molar-refractivity contribution in [3.8, 4) is 5.75 Å². The molecule has 0 spiro atoms. The summed E-state index contributed by atoms with van der Waals surface area (Å²) in [5.41, 5.74) is 1.75. The van der Waals surface area contributed by atoms with Gasteiger partial charge in [-0.2, -0.15) is 0 Å². The van der Waals surface area contributed by atoms with Crippen molar-refractivity contribution in [3.63, 3.8) is 0 Å². The summed E-state index contributed by atoms with van der Waals surface area (Å²) in [7, 11) is 0. The summed E-state index contributed by atoms with van der Waals surface area (Å²) in [4.78, 5) is 28.2. The van der Waals surface area contributed by atoms with Gasteiger partial charge in [-0.05, 0) is 50.1 Å². The summed E-state index contributed by atoms with van der Waals surface area (Å²) in [5.74, 6) is -0.122. The molecular weight excluding hydrogens is 370 g/mol. The Kier molecular flexibility index (Phi) is 5.62. The van der Waals surface area contributed by atoms with Crippen molar-refractivity contribution in [2.45, 2.75) is 32.0 Å². The number of aromatic nitrogens is 1. The number of ether oxygens (including phenoxy) is 3. The van der Waals surface area contributed by atoms with Gasteiger partial charge in [0.2, 0.25) is 5.78 Å². The molecule has 3 aromatic rings. The molecule has 0 unspecified atom stereocenters. The smallest absolute Gasteiger partial charge is 0.338 e. The molecule has 1 saturated heterocycles. The fourth-order valence-corrected chi connectivity index (χ4v) is 3.43. The lowest BCUT2D eigenvalue weighted by Gasteiger charge is -2.13. The number of rotatable bonds is 7. The van der Waals surface area contributed by atoms with E-state index in [0.29, 0.717) is 23.5 Å². The summed E-state index contributed by atoms with van der Waals surface area (Å²) < 4.78 is 16.6. The Labute approximate surface area is 168 Å². The first-order valence-corrected chi connectivity index (χ1v) is 9.77. The van der Waals surface area contributed by atoms with Gasteiger partial charge in [-0.3, -0.25) is 4.79 Å². The molecule has 1 aliphatic heterocycles. The summed E-state index contributed by atoms with van der Waals surface area (Å²) in [6.45, 7) is 2.87. The number of nitrogens with one attached hydrogen (secondary N) is 1. The minimum Gasteiger partial charge on any atom is -0.491 e. The van der Waals surface area contributed by atoms with E-state index in [1.54, 1.807) is 37.4 Å². The molecule has 0 bridgehead atoms. The second-order valence-corrected chi connectivity index (χ2v) is 7.13. The highest BCUT2D eigenvalue weighted by Crippen LogP contribution is 2.21. The Balaban J connectivity index is 1.36. The third-order valence-corrected chi connectivity index (χ3v) is 5.06. The Morgan fingerprint density at radius 2 is 1.97 bits per heavy atom. The van der Waals surface area contributed by atoms with E-state index in [2.05, 4.69) is 4.98 Å². The zero-order valence-corrected chi connectivity index (χ0v) is 16.2. The van der Waals surface area contributed by atoms with E-state index >= 15 is 0 Å². The van der Waals surface area contributed by atoms with Crippen LogP contribution < -0.4 is 4.74 Å². The van der Waals surface area contributed by atoms with Crippen LogP contribution in [0.25, 0.3) is 10.9 Å². The molecule has 2 heterocycles. The largest absolute Gasteiger partial charge is 0.491 e. The van der Waals surface area contributed by atoms with Crippen LogP contribution in [-0.2, 0) is 9.47 Å². The van der Waals surface area contributed by atoms with Crippen molar-refractivity contribution >= 4 is 22.7 Å². The first-order valence-electron chi connectivity index (χ1n) is 9.77. The van der Waals surface area contributed by atoms with Gasteiger partial charge >= 0.3 is 5.97 Å². The van der Waals surface area contributed by atoms with E-state index in [1.807, 2.05) is 24.3 Å². The molecule has 2 atom stereocenters. The number of esters is 1. The third-order valence-electron chi connectivity index (χ3n) is 5.06. The number of aromatic amines is 1. The normalized spacial score (nSPS) is 17.2. The summed E-state index contributed by atoms with van der Waals surface area (Å²) in [6, 6.07) is 14.2. The van der Waals surface area contributed by atoms with Gasteiger partial charge in [0, 0.05) is 29.3 Å². The highest BCUT2D eigenvalue weighted by molar-refractivity contribution is 6.10. The van der Waals surface area contributed by atoms with Crippen molar-refractivity contribution in [3.05, 3.63) is 65.9 Å². The lowest BCUT2D eigenvalue weighted by Crippen LogP contribution is -2.24. The van der Waals surface area contributed by atoms with Crippen LogP contribution in [0.15, 0.2) is 54.7 Å². The molecule has 1 aliphatic rings. The quantitative estimate of drug-likeness (QED) is 0.482. The van der Waals surface area contributed by atoms with Crippen LogP contribution in [0.1, 0.15) is 40.5 Å². The number of carbonyl (C=O) groups is 2. The number of ketones is 1. The molecule has 1 fully saturated rings. The first-order chi connectivity index (χ1) is 14.1. The monoisotopic (exact) mass is 393 g/mol. The molecule has 4 rings (SSSR count). The number of hydrogen-bond acceptors (Lipinski definition) is 5. The van der Waals surface area contributed by atoms with Crippen molar-refractivity contribution in [2.75, 3.05) is 13.2 Å². The van der Waals surface area contributed by atoms with Gasteiger partial charge in [0.15, 0.2) is 6.10 Å². The van der Waals surface area contributed by atoms with E-state index in [0.717, 1.165) is 30.4 Å². The van der Waals surface area contributed by atoms with Crippen LogP contribution in [0.3, 0.4) is 0 Å². The minimum atomic E-state index is -0.892. The van der Waals surface area contributed by atoms with Crippen molar-refractivity contribution in [1.82, 2.24) is 4.98 Å². The maximum absolute atomic E-state index is 12.7. The molecule has 2 aromatic carbocycles. The number of benzene rings is 2. The molecule has 1 aromatic heterocycles.